The third-order valence-electron chi connectivity index (χ3n) is 3.71. The van der Waals surface area contributed by atoms with E-state index in [1.807, 2.05) is 31.2 Å². The molecule has 0 fully saturated rings. The number of aryl methyl sites for hydroxylation is 1. The highest BCUT2D eigenvalue weighted by atomic mass is 14.8. The first-order valence-electron chi connectivity index (χ1n) is 6.62. The van der Waals surface area contributed by atoms with Gasteiger partial charge in [0.1, 0.15) is 5.82 Å². The Morgan fingerprint density at radius 3 is 2.55 bits per heavy atom. The maximum absolute atomic E-state index is 6.46. The second-order valence-electron chi connectivity index (χ2n) is 4.97. The molecule has 0 aliphatic carbocycles. The van der Waals surface area contributed by atoms with Crippen LogP contribution in [0.25, 0.3) is 10.8 Å². The van der Waals surface area contributed by atoms with E-state index in [1.165, 1.54) is 5.39 Å². The number of nitrogen functional groups attached to an aromatic ring is 1. The Kier molecular flexibility index (Phi) is 3.12. The summed E-state index contributed by atoms with van der Waals surface area (Å²) in [5.41, 5.74) is 15.5. The summed E-state index contributed by atoms with van der Waals surface area (Å²) < 4.78 is 0. The molecule has 3 aromatic rings. The van der Waals surface area contributed by atoms with Gasteiger partial charge >= 0.3 is 0 Å². The summed E-state index contributed by atoms with van der Waals surface area (Å²) in [6, 6.07) is 16.1. The van der Waals surface area contributed by atoms with Crippen LogP contribution in [0.1, 0.15) is 22.7 Å². The van der Waals surface area contributed by atoms with Crippen molar-refractivity contribution < 1.29 is 0 Å². The van der Waals surface area contributed by atoms with Crippen LogP contribution in [0.5, 0.6) is 0 Å². The first-order valence-corrected chi connectivity index (χ1v) is 6.62. The van der Waals surface area contributed by atoms with Gasteiger partial charge in [-0.2, -0.15) is 0 Å². The zero-order valence-electron chi connectivity index (χ0n) is 11.4. The van der Waals surface area contributed by atoms with Crippen LogP contribution < -0.4 is 11.5 Å². The van der Waals surface area contributed by atoms with Crippen molar-refractivity contribution >= 4 is 16.6 Å². The van der Waals surface area contributed by atoms with Gasteiger partial charge in [-0.1, -0.05) is 42.5 Å². The molecule has 0 aliphatic heterocycles. The molecule has 1 unspecified atom stereocenters. The zero-order chi connectivity index (χ0) is 14.1. The molecule has 0 bridgehead atoms. The molecule has 3 heteroatoms. The normalized spacial score (nSPS) is 12.5. The number of hydrogen-bond acceptors (Lipinski definition) is 3. The summed E-state index contributed by atoms with van der Waals surface area (Å²) in [5.74, 6) is 0.505. The van der Waals surface area contributed by atoms with Crippen molar-refractivity contribution in [3.05, 3.63) is 71.4 Å². The Bertz CT molecular complexity index is 740. The van der Waals surface area contributed by atoms with E-state index in [9.17, 15) is 0 Å². The van der Waals surface area contributed by atoms with E-state index in [-0.39, 0.29) is 6.04 Å². The molecule has 1 aromatic heterocycles. The molecule has 0 spiro atoms. The van der Waals surface area contributed by atoms with Crippen molar-refractivity contribution in [1.82, 2.24) is 4.98 Å². The lowest BCUT2D eigenvalue weighted by Crippen LogP contribution is -2.16. The van der Waals surface area contributed by atoms with Gasteiger partial charge in [0.25, 0.3) is 0 Å². The molecule has 100 valence electrons. The number of anilines is 1. The lowest BCUT2D eigenvalue weighted by atomic mass is 9.92. The Hall–Kier alpha value is -2.39. The second-order valence-corrected chi connectivity index (χ2v) is 4.97. The first-order chi connectivity index (χ1) is 9.68. The topological polar surface area (TPSA) is 64.9 Å². The number of nitrogens with two attached hydrogens (primary N) is 2. The molecule has 1 atom stereocenters. The highest BCUT2D eigenvalue weighted by Crippen LogP contribution is 2.30. The van der Waals surface area contributed by atoms with Crippen molar-refractivity contribution in [3.63, 3.8) is 0 Å². The van der Waals surface area contributed by atoms with Crippen LogP contribution in [0.3, 0.4) is 0 Å². The molecule has 4 N–H and O–H groups in total. The predicted octanol–water partition coefficient (Wildman–Crippen LogP) is 3.17. The fourth-order valence-electron chi connectivity index (χ4n) is 2.67. The molecule has 0 radical (unpaired) electrons. The Morgan fingerprint density at radius 1 is 1.00 bits per heavy atom. The van der Waals surface area contributed by atoms with E-state index in [0.29, 0.717) is 5.82 Å². The Labute approximate surface area is 118 Å². The number of pyridine rings is 1. The van der Waals surface area contributed by atoms with Crippen LogP contribution >= 0.6 is 0 Å². The van der Waals surface area contributed by atoms with Crippen molar-refractivity contribution in [2.24, 2.45) is 5.73 Å². The molecular formula is C17H17N3. The minimum absolute atomic E-state index is 0.269. The fraction of sp³-hybridized carbons (Fsp3) is 0.118. The van der Waals surface area contributed by atoms with Gasteiger partial charge in [0.05, 0.1) is 6.04 Å². The Morgan fingerprint density at radius 2 is 1.75 bits per heavy atom. The molecule has 0 saturated carbocycles. The average molecular weight is 263 g/mol. The van der Waals surface area contributed by atoms with Crippen molar-refractivity contribution in [2.45, 2.75) is 13.0 Å². The summed E-state index contributed by atoms with van der Waals surface area (Å²) in [6.45, 7) is 2.01. The van der Waals surface area contributed by atoms with Gasteiger partial charge in [-0.3, -0.25) is 0 Å². The monoisotopic (exact) mass is 263 g/mol. The molecule has 0 aliphatic rings. The number of benzene rings is 2. The SMILES string of the molecule is Cc1ccnc(N)c1C(N)c1cccc2ccccc12. The quantitative estimate of drug-likeness (QED) is 0.746. The summed E-state index contributed by atoms with van der Waals surface area (Å²) in [7, 11) is 0. The number of aromatic nitrogens is 1. The van der Waals surface area contributed by atoms with E-state index < -0.39 is 0 Å². The largest absolute Gasteiger partial charge is 0.383 e. The third-order valence-corrected chi connectivity index (χ3v) is 3.71. The minimum Gasteiger partial charge on any atom is -0.383 e. The van der Waals surface area contributed by atoms with Gasteiger partial charge in [-0.25, -0.2) is 4.98 Å². The van der Waals surface area contributed by atoms with Gasteiger partial charge in [0.2, 0.25) is 0 Å². The number of rotatable bonds is 2. The fourth-order valence-corrected chi connectivity index (χ4v) is 2.67. The van der Waals surface area contributed by atoms with Crippen LogP contribution in [0.2, 0.25) is 0 Å². The van der Waals surface area contributed by atoms with Crippen LogP contribution in [0.4, 0.5) is 5.82 Å². The van der Waals surface area contributed by atoms with E-state index in [2.05, 4.69) is 29.2 Å². The third kappa shape index (κ3) is 2.02. The van der Waals surface area contributed by atoms with E-state index in [1.54, 1.807) is 6.20 Å². The van der Waals surface area contributed by atoms with Crippen molar-refractivity contribution in [1.29, 1.82) is 0 Å². The zero-order valence-corrected chi connectivity index (χ0v) is 11.4. The highest BCUT2D eigenvalue weighted by molar-refractivity contribution is 5.86. The van der Waals surface area contributed by atoms with Crippen LogP contribution in [0, 0.1) is 6.92 Å². The second kappa shape index (κ2) is 4.94. The highest BCUT2D eigenvalue weighted by Gasteiger charge is 2.17. The van der Waals surface area contributed by atoms with Crippen molar-refractivity contribution in [2.75, 3.05) is 5.73 Å². The molecule has 3 rings (SSSR count). The lowest BCUT2D eigenvalue weighted by Gasteiger charge is -2.18. The van der Waals surface area contributed by atoms with Gasteiger partial charge in [0, 0.05) is 11.8 Å². The molecule has 0 saturated heterocycles. The molecule has 1 heterocycles. The lowest BCUT2D eigenvalue weighted by molar-refractivity contribution is 0.866. The predicted molar refractivity (Wildman–Crippen MR) is 83.4 cm³/mol. The molecule has 0 amide bonds. The molecular weight excluding hydrogens is 246 g/mol. The van der Waals surface area contributed by atoms with Crippen LogP contribution in [0.15, 0.2) is 54.7 Å². The van der Waals surface area contributed by atoms with Gasteiger partial charge < -0.3 is 11.5 Å². The van der Waals surface area contributed by atoms with E-state index >= 15 is 0 Å². The average Bonchev–Trinajstić information content (AvgIpc) is 2.46. The molecule has 20 heavy (non-hydrogen) atoms. The molecule has 2 aromatic carbocycles. The Balaban J connectivity index is 2.21. The number of hydrogen-bond donors (Lipinski definition) is 2. The van der Waals surface area contributed by atoms with Gasteiger partial charge in [-0.05, 0) is 34.9 Å². The number of nitrogens with zero attached hydrogens (tertiary/aromatic N) is 1. The molecule has 3 nitrogen and oxygen atoms in total. The maximum Gasteiger partial charge on any atom is 0.128 e. The van der Waals surface area contributed by atoms with Crippen molar-refractivity contribution in [3.8, 4) is 0 Å². The maximum atomic E-state index is 6.46. The van der Waals surface area contributed by atoms with Crippen LogP contribution in [-0.4, -0.2) is 4.98 Å². The van der Waals surface area contributed by atoms with E-state index in [4.69, 9.17) is 11.5 Å². The summed E-state index contributed by atoms with van der Waals surface area (Å²) in [4.78, 5) is 4.16. The van der Waals surface area contributed by atoms with E-state index in [0.717, 1.165) is 22.1 Å². The van der Waals surface area contributed by atoms with Gasteiger partial charge in [0.15, 0.2) is 0 Å². The summed E-state index contributed by atoms with van der Waals surface area (Å²) in [6.07, 6.45) is 1.71. The first kappa shape index (κ1) is 12.6. The summed E-state index contributed by atoms with van der Waals surface area (Å²) >= 11 is 0. The smallest absolute Gasteiger partial charge is 0.128 e. The van der Waals surface area contributed by atoms with Gasteiger partial charge in [-0.15, -0.1) is 0 Å². The number of fused-ring (bicyclic) bond motifs is 1. The summed E-state index contributed by atoms with van der Waals surface area (Å²) in [5, 5.41) is 2.34. The standard InChI is InChI=1S/C17H17N3/c1-11-9-10-20-17(19)15(11)16(18)14-8-4-6-12-5-2-3-7-13(12)14/h2-10,16H,18H2,1H3,(H2,19,20). The minimum atomic E-state index is -0.269. The van der Waals surface area contributed by atoms with Crippen LogP contribution in [-0.2, 0) is 0 Å².